The van der Waals surface area contributed by atoms with E-state index >= 15 is 0 Å². The third-order valence-corrected chi connectivity index (χ3v) is 4.53. The highest BCUT2D eigenvalue weighted by atomic mass is 32.2. The molecule has 0 aliphatic carbocycles. The molecule has 1 N–H and O–H groups in total. The lowest BCUT2D eigenvalue weighted by atomic mass is 10.1. The minimum Gasteiger partial charge on any atom is -0.207 e. The fourth-order valence-corrected chi connectivity index (χ4v) is 3.60. The normalized spacial score (nSPS) is 13.3. The van der Waals surface area contributed by atoms with Crippen LogP contribution in [0, 0.1) is 36.9 Å². The third-order valence-electron chi connectivity index (χ3n) is 2.78. The Morgan fingerprint density at radius 1 is 1.26 bits per heavy atom. The summed E-state index contributed by atoms with van der Waals surface area (Å²) in [5.74, 6) is -0.629. The van der Waals surface area contributed by atoms with E-state index in [1.165, 1.54) is 13.8 Å². The first kappa shape index (κ1) is 15.6. The van der Waals surface area contributed by atoms with Crippen molar-refractivity contribution < 1.29 is 12.8 Å². The van der Waals surface area contributed by atoms with E-state index in [1.807, 2.05) is 6.07 Å². The zero-order valence-electron chi connectivity index (χ0n) is 11.4. The second kappa shape index (κ2) is 5.68. The molecule has 1 rings (SSSR count). The average Bonchev–Trinajstić information content (AvgIpc) is 2.23. The summed E-state index contributed by atoms with van der Waals surface area (Å²) < 4.78 is 40.1. The second-order valence-corrected chi connectivity index (χ2v) is 6.49. The fraction of sp³-hybridized carbons (Fsp3) is 0.462. The summed E-state index contributed by atoms with van der Waals surface area (Å²) in [7, 11) is -3.83. The van der Waals surface area contributed by atoms with Crippen LogP contribution in [-0.2, 0) is 10.0 Å². The van der Waals surface area contributed by atoms with Gasteiger partial charge in [-0.2, -0.15) is 9.98 Å². The molecule has 0 spiro atoms. The van der Waals surface area contributed by atoms with E-state index in [0.29, 0.717) is 11.1 Å². The number of benzene rings is 1. The summed E-state index contributed by atoms with van der Waals surface area (Å²) in [6, 6.07) is 3.43. The van der Waals surface area contributed by atoms with E-state index in [4.69, 9.17) is 5.26 Å². The molecule has 0 radical (unpaired) electrons. The van der Waals surface area contributed by atoms with Crippen LogP contribution >= 0.6 is 0 Å². The molecule has 0 aliphatic rings. The molecule has 0 saturated heterocycles. The number of hydrogen-bond acceptors (Lipinski definition) is 3. The van der Waals surface area contributed by atoms with Crippen LogP contribution in [0.2, 0.25) is 0 Å². The minimum absolute atomic E-state index is 0.0369. The van der Waals surface area contributed by atoms with Crippen molar-refractivity contribution in [2.24, 2.45) is 5.92 Å². The SMILES string of the molecule is Cc1cc(F)cc(C)c1S(=O)(=O)NC(C#N)C(C)C. The highest BCUT2D eigenvalue weighted by Crippen LogP contribution is 2.22. The quantitative estimate of drug-likeness (QED) is 0.922. The molecule has 6 heteroatoms. The van der Waals surface area contributed by atoms with Gasteiger partial charge in [0.05, 0.1) is 11.0 Å². The summed E-state index contributed by atoms with van der Waals surface area (Å²) in [6.07, 6.45) is 0. The molecule has 1 unspecified atom stereocenters. The number of nitriles is 1. The first-order chi connectivity index (χ1) is 8.69. The molecule has 104 valence electrons. The predicted molar refractivity (Wildman–Crippen MR) is 70.4 cm³/mol. The molecule has 0 fully saturated rings. The third kappa shape index (κ3) is 3.52. The molecule has 0 bridgehead atoms. The van der Waals surface area contributed by atoms with Gasteiger partial charge in [0.25, 0.3) is 0 Å². The van der Waals surface area contributed by atoms with Gasteiger partial charge >= 0.3 is 0 Å². The van der Waals surface area contributed by atoms with Crippen LogP contribution < -0.4 is 4.72 Å². The molecule has 1 aromatic carbocycles. The van der Waals surface area contributed by atoms with E-state index in [-0.39, 0.29) is 10.8 Å². The predicted octanol–water partition coefficient (Wildman–Crippen LogP) is 2.27. The Bertz CT molecular complexity index is 595. The lowest BCUT2D eigenvalue weighted by molar-refractivity contribution is 0.514. The van der Waals surface area contributed by atoms with Crippen LogP contribution in [0.4, 0.5) is 4.39 Å². The summed E-state index contributed by atoms with van der Waals surface area (Å²) >= 11 is 0. The number of halogens is 1. The number of sulfonamides is 1. The van der Waals surface area contributed by atoms with E-state index in [0.717, 1.165) is 12.1 Å². The van der Waals surface area contributed by atoms with Crippen molar-refractivity contribution in [3.8, 4) is 6.07 Å². The van der Waals surface area contributed by atoms with Crippen molar-refractivity contribution in [2.45, 2.75) is 38.6 Å². The smallest absolute Gasteiger partial charge is 0.207 e. The standard InChI is InChI=1S/C13H17FN2O2S/c1-8(2)12(7-15)16-19(17,18)13-9(3)5-11(14)6-10(13)4/h5-6,8,12,16H,1-4H3. The zero-order chi connectivity index (χ0) is 14.8. The Labute approximate surface area is 113 Å². The average molecular weight is 284 g/mol. The van der Waals surface area contributed by atoms with Crippen LogP contribution in [0.1, 0.15) is 25.0 Å². The molecule has 19 heavy (non-hydrogen) atoms. The Balaban J connectivity index is 3.26. The molecule has 1 atom stereocenters. The number of aryl methyl sites for hydroxylation is 2. The number of hydrogen-bond donors (Lipinski definition) is 1. The Hall–Kier alpha value is -1.45. The molecular formula is C13H17FN2O2S. The maximum atomic E-state index is 13.2. The van der Waals surface area contributed by atoms with Crippen LogP contribution in [0.15, 0.2) is 17.0 Å². The summed E-state index contributed by atoms with van der Waals surface area (Å²) in [5, 5.41) is 8.95. The van der Waals surface area contributed by atoms with Crippen molar-refractivity contribution in [3.05, 3.63) is 29.1 Å². The van der Waals surface area contributed by atoms with Gasteiger partial charge in [-0.05, 0) is 43.0 Å². The van der Waals surface area contributed by atoms with Crippen LogP contribution in [0.5, 0.6) is 0 Å². The Kier molecular flexibility index (Phi) is 4.66. The molecule has 4 nitrogen and oxygen atoms in total. The number of rotatable bonds is 4. The van der Waals surface area contributed by atoms with Gasteiger partial charge in [-0.15, -0.1) is 0 Å². The minimum atomic E-state index is -3.83. The monoisotopic (exact) mass is 284 g/mol. The Morgan fingerprint density at radius 3 is 2.11 bits per heavy atom. The van der Waals surface area contributed by atoms with Gasteiger partial charge in [-0.1, -0.05) is 13.8 Å². The molecule has 0 aliphatic heterocycles. The van der Waals surface area contributed by atoms with E-state index in [2.05, 4.69) is 4.72 Å². The molecule has 0 heterocycles. The van der Waals surface area contributed by atoms with Gasteiger partial charge in [0.1, 0.15) is 11.9 Å². The molecule has 1 aromatic rings. The Morgan fingerprint density at radius 2 is 1.74 bits per heavy atom. The molecule has 0 amide bonds. The van der Waals surface area contributed by atoms with Crippen LogP contribution in [0.3, 0.4) is 0 Å². The van der Waals surface area contributed by atoms with E-state index in [1.54, 1.807) is 13.8 Å². The maximum Gasteiger partial charge on any atom is 0.242 e. The summed E-state index contributed by atoms with van der Waals surface area (Å²) in [5.41, 5.74) is 0.649. The largest absolute Gasteiger partial charge is 0.242 e. The van der Waals surface area contributed by atoms with E-state index < -0.39 is 21.9 Å². The van der Waals surface area contributed by atoms with Gasteiger partial charge < -0.3 is 0 Å². The lowest BCUT2D eigenvalue weighted by Crippen LogP contribution is -2.38. The van der Waals surface area contributed by atoms with Crippen molar-refractivity contribution in [2.75, 3.05) is 0 Å². The molecule has 0 aromatic heterocycles. The number of nitrogens with zero attached hydrogens (tertiary/aromatic N) is 1. The first-order valence-electron chi connectivity index (χ1n) is 5.87. The van der Waals surface area contributed by atoms with Gasteiger partial charge in [-0.25, -0.2) is 12.8 Å². The van der Waals surface area contributed by atoms with Gasteiger partial charge in [0.15, 0.2) is 0 Å². The number of nitrogens with one attached hydrogen (secondary N) is 1. The van der Waals surface area contributed by atoms with E-state index in [9.17, 15) is 12.8 Å². The fourth-order valence-electron chi connectivity index (χ4n) is 1.86. The first-order valence-corrected chi connectivity index (χ1v) is 7.36. The molecule has 0 saturated carbocycles. The van der Waals surface area contributed by atoms with Gasteiger partial charge in [0, 0.05) is 0 Å². The zero-order valence-corrected chi connectivity index (χ0v) is 12.2. The summed E-state index contributed by atoms with van der Waals surface area (Å²) in [6.45, 7) is 6.56. The highest BCUT2D eigenvalue weighted by Gasteiger charge is 2.25. The van der Waals surface area contributed by atoms with Gasteiger partial charge in [0.2, 0.25) is 10.0 Å². The lowest BCUT2D eigenvalue weighted by Gasteiger charge is -2.17. The summed E-state index contributed by atoms with van der Waals surface area (Å²) in [4.78, 5) is 0.0369. The van der Waals surface area contributed by atoms with Crippen LogP contribution in [0.25, 0.3) is 0 Å². The van der Waals surface area contributed by atoms with Crippen molar-refractivity contribution in [1.29, 1.82) is 5.26 Å². The van der Waals surface area contributed by atoms with Gasteiger partial charge in [-0.3, -0.25) is 0 Å². The molecular weight excluding hydrogens is 267 g/mol. The van der Waals surface area contributed by atoms with Crippen molar-refractivity contribution in [3.63, 3.8) is 0 Å². The van der Waals surface area contributed by atoms with Crippen LogP contribution in [-0.4, -0.2) is 14.5 Å². The van der Waals surface area contributed by atoms with Crippen molar-refractivity contribution >= 4 is 10.0 Å². The maximum absolute atomic E-state index is 13.2. The second-order valence-electron chi connectivity index (χ2n) is 4.84. The van der Waals surface area contributed by atoms with Crippen molar-refractivity contribution in [1.82, 2.24) is 4.72 Å². The topological polar surface area (TPSA) is 70.0 Å². The highest BCUT2D eigenvalue weighted by molar-refractivity contribution is 7.89.